The molecule has 0 aliphatic rings. The zero-order valence-corrected chi connectivity index (χ0v) is 13.0. The zero-order chi connectivity index (χ0) is 16.1. The van der Waals surface area contributed by atoms with Gasteiger partial charge in [-0.05, 0) is 31.2 Å². The van der Waals surface area contributed by atoms with E-state index in [0.717, 1.165) is 22.7 Å². The fourth-order valence-corrected chi connectivity index (χ4v) is 2.11. The molecular weight excluding hydrogens is 288 g/mol. The van der Waals surface area contributed by atoms with Crippen molar-refractivity contribution in [3.8, 4) is 17.0 Å². The number of rotatable bonds is 4. The molecule has 0 bridgehead atoms. The number of aryl methyl sites for hydroxylation is 1. The summed E-state index contributed by atoms with van der Waals surface area (Å²) in [5, 5.41) is 8.57. The summed E-state index contributed by atoms with van der Waals surface area (Å²) in [4.78, 5) is 8.72. The highest BCUT2D eigenvalue weighted by molar-refractivity contribution is 5.71. The number of hydrogen-bond donors (Lipinski definition) is 0. The van der Waals surface area contributed by atoms with Gasteiger partial charge in [0.25, 0.3) is 0 Å². The molecular formula is C18H16N4O. The van der Waals surface area contributed by atoms with Crippen LogP contribution >= 0.6 is 0 Å². The highest BCUT2D eigenvalue weighted by atomic mass is 16.5. The molecule has 0 saturated heterocycles. The molecule has 0 aliphatic heterocycles. The number of methoxy groups -OCH3 is 1. The number of ether oxygens (including phenoxy) is 1. The molecule has 1 heterocycles. The van der Waals surface area contributed by atoms with Gasteiger partial charge in [0.2, 0.25) is 0 Å². The van der Waals surface area contributed by atoms with Crippen molar-refractivity contribution in [1.29, 1.82) is 0 Å². The molecule has 0 spiro atoms. The Morgan fingerprint density at radius 1 is 0.913 bits per heavy atom. The van der Waals surface area contributed by atoms with Crippen molar-refractivity contribution in [2.45, 2.75) is 6.92 Å². The summed E-state index contributed by atoms with van der Waals surface area (Å²) in [6, 6.07) is 17.3. The van der Waals surface area contributed by atoms with E-state index in [9.17, 15) is 0 Å². The van der Waals surface area contributed by atoms with E-state index in [1.165, 1.54) is 0 Å². The average molecular weight is 304 g/mol. The maximum atomic E-state index is 5.13. The SMILES string of the molecule is COc1ccc(N=Nc2cnc(C)nc2-c2ccccc2)cc1. The lowest BCUT2D eigenvalue weighted by Gasteiger charge is -2.05. The van der Waals surface area contributed by atoms with Gasteiger partial charge in [0.1, 0.15) is 23.0 Å². The van der Waals surface area contributed by atoms with Gasteiger partial charge in [-0.2, -0.15) is 5.11 Å². The van der Waals surface area contributed by atoms with Gasteiger partial charge >= 0.3 is 0 Å². The molecule has 2 aromatic carbocycles. The molecule has 0 fully saturated rings. The minimum absolute atomic E-state index is 0.637. The van der Waals surface area contributed by atoms with Gasteiger partial charge in [0.15, 0.2) is 0 Å². The van der Waals surface area contributed by atoms with Crippen LogP contribution in [-0.2, 0) is 0 Å². The summed E-state index contributed by atoms with van der Waals surface area (Å²) in [6.07, 6.45) is 1.69. The van der Waals surface area contributed by atoms with Crippen LogP contribution in [0.5, 0.6) is 5.75 Å². The van der Waals surface area contributed by atoms with Crippen LogP contribution in [0, 0.1) is 6.92 Å². The van der Waals surface area contributed by atoms with E-state index < -0.39 is 0 Å². The first kappa shape index (κ1) is 14.8. The second-order valence-electron chi connectivity index (χ2n) is 4.92. The summed E-state index contributed by atoms with van der Waals surface area (Å²) < 4.78 is 5.13. The molecule has 0 aliphatic carbocycles. The van der Waals surface area contributed by atoms with E-state index in [4.69, 9.17) is 4.74 Å². The van der Waals surface area contributed by atoms with Crippen molar-refractivity contribution in [2.24, 2.45) is 10.2 Å². The largest absolute Gasteiger partial charge is 0.497 e. The number of benzene rings is 2. The van der Waals surface area contributed by atoms with Crippen LogP contribution in [0.4, 0.5) is 11.4 Å². The highest BCUT2D eigenvalue weighted by Crippen LogP contribution is 2.29. The Balaban J connectivity index is 1.94. The molecule has 0 saturated carbocycles. The fourth-order valence-electron chi connectivity index (χ4n) is 2.11. The predicted octanol–water partition coefficient (Wildman–Crippen LogP) is 4.88. The van der Waals surface area contributed by atoms with Gasteiger partial charge in [-0.25, -0.2) is 9.97 Å². The van der Waals surface area contributed by atoms with Gasteiger partial charge in [-0.15, -0.1) is 5.11 Å². The van der Waals surface area contributed by atoms with Crippen LogP contribution in [0.2, 0.25) is 0 Å². The number of hydrogen-bond acceptors (Lipinski definition) is 5. The third kappa shape index (κ3) is 3.58. The second-order valence-corrected chi connectivity index (χ2v) is 4.92. The Labute approximate surface area is 134 Å². The summed E-state index contributed by atoms with van der Waals surface area (Å²) in [7, 11) is 1.63. The van der Waals surface area contributed by atoms with E-state index >= 15 is 0 Å². The van der Waals surface area contributed by atoms with Crippen molar-refractivity contribution in [1.82, 2.24) is 9.97 Å². The molecule has 3 aromatic rings. The molecule has 23 heavy (non-hydrogen) atoms. The van der Waals surface area contributed by atoms with Crippen molar-refractivity contribution in [3.05, 3.63) is 66.6 Å². The van der Waals surface area contributed by atoms with Crippen LogP contribution < -0.4 is 4.74 Å². The first-order chi connectivity index (χ1) is 11.3. The lowest BCUT2D eigenvalue weighted by molar-refractivity contribution is 0.415. The standard InChI is InChI=1S/C18H16N4O/c1-13-19-12-17(18(20-13)14-6-4-3-5-7-14)22-21-15-8-10-16(23-2)11-9-15/h3-12H,1-2H3. The van der Waals surface area contributed by atoms with Gasteiger partial charge in [0, 0.05) is 5.56 Å². The van der Waals surface area contributed by atoms with Crippen LogP contribution in [0.1, 0.15) is 5.82 Å². The third-order valence-corrected chi connectivity index (χ3v) is 3.28. The van der Waals surface area contributed by atoms with Crippen molar-refractivity contribution in [3.63, 3.8) is 0 Å². The Hall–Kier alpha value is -3.08. The third-order valence-electron chi connectivity index (χ3n) is 3.28. The van der Waals surface area contributed by atoms with E-state index in [2.05, 4.69) is 20.2 Å². The summed E-state index contributed by atoms with van der Waals surface area (Å²) in [6.45, 7) is 1.86. The van der Waals surface area contributed by atoms with Crippen LogP contribution in [-0.4, -0.2) is 17.1 Å². The van der Waals surface area contributed by atoms with E-state index in [1.807, 2.05) is 61.5 Å². The van der Waals surface area contributed by atoms with Crippen molar-refractivity contribution < 1.29 is 4.74 Å². The minimum Gasteiger partial charge on any atom is -0.497 e. The number of aromatic nitrogens is 2. The maximum absolute atomic E-state index is 5.13. The van der Waals surface area contributed by atoms with Crippen molar-refractivity contribution in [2.75, 3.05) is 7.11 Å². The Morgan fingerprint density at radius 2 is 1.65 bits per heavy atom. The normalized spacial score (nSPS) is 10.9. The molecule has 0 radical (unpaired) electrons. The lowest BCUT2D eigenvalue weighted by Crippen LogP contribution is -1.91. The van der Waals surface area contributed by atoms with Gasteiger partial charge in [0.05, 0.1) is 19.0 Å². The highest BCUT2D eigenvalue weighted by Gasteiger charge is 2.07. The second kappa shape index (κ2) is 6.79. The van der Waals surface area contributed by atoms with Gasteiger partial charge in [-0.3, -0.25) is 0 Å². The molecule has 0 unspecified atom stereocenters. The first-order valence-electron chi connectivity index (χ1n) is 7.21. The number of azo groups is 1. The van der Waals surface area contributed by atoms with Gasteiger partial charge < -0.3 is 4.74 Å². The topological polar surface area (TPSA) is 59.7 Å². The quantitative estimate of drug-likeness (QED) is 0.646. The molecule has 0 N–H and O–H groups in total. The van der Waals surface area contributed by atoms with E-state index in [0.29, 0.717) is 11.5 Å². The molecule has 1 aromatic heterocycles. The van der Waals surface area contributed by atoms with E-state index in [-0.39, 0.29) is 0 Å². The van der Waals surface area contributed by atoms with Crippen molar-refractivity contribution >= 4 is 11.4 Å². The fraction of sp³-hybridized carbons (Fsp3) is 0.111. The zero-order valence-electron chi connectivity index (χ0n) is 13.0. The van der Waals surface area contributed by atoms with Crippen LogP contribution in [0.15, 0.2) is 71.0 Å². The van der Waals surface area contributed by atoms with Gasteiger partial charge in [-0.1, -0.05) is 30.3 Å². The number of nitrogens with zero attached hydrogens (tertiary/aromatic N) is 4. The summed E-state index contributed by atoms with van der Waals surface area (Å²) in [5.74, 6) is 1.49. The Morgan fingerprint density at radius 3 is 2.35 bits per heavy atom. The molecule has 5 heteroatoms. The monoisotopic (exact) mass is 304 g/mol. The summed E-state index contributed by atoms with van der Waals surface area (Å²) >= 11 is 0. The summed E-state index contributed by atoms with van der Waals surface area (Å²) in [5.41, 5.74) is 3.14. The predicted molar refractivity (Wildman–Crippen MR) is 89.4 cm³/mol. The average Bonchev–Trinajstić information content (AvgIpc) is 2.62. The molecule has 114 valence electrons. The lowest BCUT2D eigenvalue weighted by atomic mass is 10.1. The first-order valence-corrected chi connectivity index (χ1v) is 7.21. The molecule has 3 rings (SSSR count). The smallest absolute Gasteiger partial charge is 0.130 e. The van der Waals surface area contributed by atoms with E-state index in [1.54, 1.807) is 13.3 Å². The maximum Gasteiger partial charge on any atom is 0.130 e. The minimum atomic E-state index is 0.637. The van der Waals surface area contributed by atoms with Crippen LogP contribution in [0.3, 0.4) is 0 Å². The molecule has 5 nitrogen and oxygen atoms in total. The Bertz CT molecular complexity index is 814. The molecule has 0 amide bonds. The Kier molecular flexibility index (Phi) is 4.38. The van der Waals surface area contributed by atoms with Crippen LogP contribution in [0.25, 0.3) is 11.3 Å². The molecule has 0 atom stereocenters.